The Hall–Kier alpha value is -1.76. The van der Waals surface area contributed by atoms with E-state index in [1.807, 2.05) is 12.1 Å². The molecule has 0 bridgehead atoms. The quantitative estimate of drug-likeness (QED) is 0.468. The van der Waals surface area contributed by atoms with Crippen molar-refractivity contribution in [3.05, 3.63) is 59.0 Å². The summed E-state index contributed by atoms with van der Waals surface area (Å²) in [7, 11) is 0. The fourth-order valence-corrected chi connectivity index (χ4v) is 4.53. The van der Waals surface area contributed by atoms with Gasteiger partial charge in [-0.05, 0) is 0 Å². The molecular weight excluding hydrogens is 299 g/mol. The Kier molecular flexibility index (Phi) is 2.41. The van der Waals surface area contributed by atoms with Crippen molar-refractivity contribution < 1.29 is 4.42 Å². The Balaban J connectivity index is 2.02. The summed E-state index contributed by atoms with van der Waals surface area (Å²) in [5.41, 5.74) is 4.65. The SMILES string of the molecule is Cc1ccc(-c2[se]cc3c2oc2ccccc23)cc1. The molecule has 19 heavy (non-hydrogen) atoms. The average molecular weight is 311 g/mol. The molecule has 0 aliphatic heterocycles. The standard InChI is InChI=1S/C17H12OSe/c1-11-6-8-12(9-7-11)17-16-14(10-19-17)13-4-2-3-5-15(13)18-16/h2-10H,1H3. The molecule has 92 valence electrons. The van der Waals surface area contributed by atoms with Crippen molar-refractivity contribution in [3.8, 4) is 10.0 Å². The van der Waals surface area contributed by atoms with Crippen molar-refractivity contribution in [1.29, 1.82) is 0 Å². The first-order valence-electron chi connectivity index (χ1n) is 6.29. The number of fused-ring (bicyclic) bond motifs is 3. The maximum atomic E-state index is 6.06. The third-order valence-corrected chi connectivity index (χ3v) is 5.57. The van der Waals surface area contributed by atoms with Gasteiger partial charge in [-0.15, -0.1) is 0 Å². The van der Waals surface area contributed by atoms with Gasteiger partial charge >= 0.3 is 117 Å². The molecule has 2 heteroatoms. The Morgan fingerprint density at radius 3 is 2.53 bits per heavy atom. The van der Waals surface area contributed by atoms with Crippen molar-refractivity contribution in [1.82, 2.24) is 0 Å². The summed E-state index contributed by atoms with van der Waals surface area (Å²) in [5, 5.41) is 2.52. The molecule has 0 unspecified atom stereocenters. The van der Waals surface area contributed by atoms with Crippen molar-refractivity contribution in [2.24, 2.45) is 0 Å². The van der Waals surface area contributed by atoms with E-state index in [0.717, 1.165) is 11.2 Å². The van der Waals surface area contributed by atoms with E-state index in [4.69, 9.17) is 4.42 Å². The van der Waals surface area contributed by atoms with E-state index in [1.54, 1.807) is 0 Å². The zero-order valence-corrected chi connectivity index (χ0v) is 12.2. The molecule has 0 atom stereocenters. The minimum atomic E-state index is 0.369. The van der Waals surface area contributed by atoms with Gasteiger partial charge in [-0.25, -0.2) is 0 Å². The van der Waals surface area contributed by atoms with Gasteiger partial charge in [0.25, 0.3) is 0 Å². The van der Waals surface area contributed by atoms with Crippen LogP contribution in [0, 0.1) is 6.92 Å². The normalized spacial score (nSPS) is 11.4. The second kappa shape index (κ2) is 4.12. The van der Waals surface area contributed by atoms with E-state index in [1.165, 1.54) is 26.3 Å². The van der Waals surface area contributed by atoms with E-state index in [2.05, 4.69) is 48.3 Å². The van der Waals surface area contributed by atoms with E-state index in [0.29, 0.717) is 14.5 Å². The molecular formula is C17H12OSe. The zero-order valence-electron chi connectivity index (χ0n) is 10.5. The van der Waals surface area contributed by atoms with Gasteiger partial charge in [-0.1, -0.05) is 0 Å². The van der Waals surface area contributed by atoms with Gasteiger partial charge in [0.05, 0.1) is 0 Å². The van der Waals surface area contributed by atoms with Crippen LogP contribution in [0.25, 0.3) is 31.9 Å². The average Bonchev–Trinajstić information content (AvgIpc) is 2.98. The van der Waals surface area contributed by atoms with Gasteiger partial charge in [0.15, 0.2) is 0 Å². The second-order valence-electron chi connectivity index (χ2n) is 4.77. The summed E-state index contributed by atoms with van der Waals surface area (Å²) in [4.78, 5) is 2.34. The summed E-state index contributed by atoms with van der Waals surface area (Å²) in [6, 6.07) is 17.0. The second-order valence-corrected chi connectivity index (χ2v) is 6.62. The Bertz CT molecular complexity index is 865. The van der Waals surface area contributed by atoms with Gasteiger partial charge in [-0.3, -0.25) is 0 Å². The van der Waals surface area contributed by atoms with Crippen LogP contribution in [-0.2, 0) is 0 Å². The molecule has 4 aromatic rings. The van der Waals surface area contributed by atoms with Crippen LogP contribution in [0.3, 0.4) is 0 Å². The molecule has 0 aliphatic rings. The van der Waals surface area contributed by atoms with E-state index >= 15 is 0 Å². The van der Waals surface area contributed by atoms with Crippen LogP contribution >= 0.6 is 0 Å². The van der Waals surface area contributed by atoms with Crippen molar-refractivity contribution in [2.75, 3.05) is 0 Å². The number of hydrogen-bond acceptors (Lipinski definition) is 1. The van der Waals surface area contributed by atoms with E-state index < -0.39 is 0 Å². The molecule has 0 fully saturated rings. The van der Waals surface area contributed by atoms with E-state index in [9.17, 15) is 0 Å². The molecule has 2 aromatic heterocycles. The van der Waals surface area contributed by atoms with Gasteiger partial charge in [0.1, 0.15) is 0 Å². The molecule has 0 amide bonds. The minimum absolute atomic E-state index is 0.369. The monoisotopic (exact) mass is 312 g/mol. The number of benzene rings is 2. The van der Waals surface area contributed by atoms with Crippen molar-refractivity contribution >= 4 is 36.4 Å². The molecule has 2 aromatic carbocycles. The number of para-hydroxylation sites is 1. The van der Waals surface area contributed by atoms with Crippen LogP contribution in [0.15, 0.2) is 57.9 Å². The molecule has 4 rings (SSSR count). The van der Waals surface area contributed by atoms with Crippen LogP contribution in [0.4, 0.5) is 0 Å². The van der Waals surface area contributed by atoms with Crippen LogP contribution < -0.4 is 0 Å². The van der Waals surface area contributed by atoms with Gasteiger partial charge in [0.2, 0.25) is 0 Å². The molecule has 0 saturated carbocycles. The first-order valence-corrected chi connectivity index (χ1v) is 8.13. The fraction of sp³-hybridized carbons (Fsp3) is 0.0588. The molecule has 2 heterocycles. The Morgan fingerprint density at radius 1 is 0.895 bits per heavy atom. The maximum absolute atomic E-state index is 6.06. The first kappa shape index (κ1) is 11.1. The van der Waals surface area contributed by atoms with Crippen molar-refractivity contribution in [3.63, 3.8) is 0 Å². The number of furan rings is 1. The molecule has 1 nitrogen and oxygen atoms in total. The van der Waals surface area contributed by atoms with Gasteiger partial charge in [0, 0.05) is 0 Å². The third kappa shape index (κ3) is 1.68. The van der Waals surface area contributed by atoms with Crippen LogP contribution in [0.2, 0.25) is 0 Å². The predicted molar refractivity (Wildman–Crippen MR) is 80.8 cm³/mol. The molecule has 0 N–H and O–H groups in total. The summed E-state index contributed by atoms with van der Waals surface area (Å²) in [5.74, 6) is 0. The summed E-state index contributed by atoms with van der Waals surface area (Å²) < 4.78 is 7.41. The summed E-state index contributed by atoms with van der Waals surface area (Å²) >= 11 is 0.369. The number of rotatable bonds is 1. The Labute approximate surface area is 117 Å². The third-order valence-electron chi connectivity index (χ3n) is 3.45. The van der Waals surface area contributed by atoms with E-state index in [-0.39, 0.29) is 0 Å². The first-order chi connectivity index (χ1) is 9.33. The molecule has 0 radical (unpaired) electrons. The molecule has 0 aliphatic carbocycles. The van der Waals surface area contributed by atoms with Crippen LogP contribution in [-0.4, -0.2) is 14.5 Å². The Morgan fingerprint density at radius 2 is 1.68 bits per heavy atom. The molecule has 0 spiro atoms. The van der Waals surface area contributed by atoms with Gasteiger partial charge < -0.3 is 0 Å². The van der Waals surface area contributed by atoms with Crippen molar-refractivity contribution in [2.45, 2.75) is 6.92 Å². The zero-order chi connectivity index (χ0) is 12.8. The van der Waals surface area contributed by atoms with Crippen LogP contribution in [0.5, 0.6) is 0 Å². The summed E-state index contributed by atoms with van der Waals surface area (Å²) in [6.07, 6.45) is 0. The number of hydrogen-bond donors (Lipinski definition) is 0. The van der Waals surface area contributed by atoms with Gasteiger partial charge in [-0.2, -0.15) is 0 Å². The van der Waals surface area contributed by atoms with Crippen LogP contribution in [0.1, 0.15) is 5.56 Å². The fourth-order valence-electron chi connectivity index (χ4n) is 2.43. The number of aryl methyl sites for hydroxylation is 1. The topological polar surface area (TPSA) is 13.1 Å². The summed E-state index contributed by atoms with van der Waals surface area (Å²) in [6.45, 7) is 2.12. The predicted octanol–water partition coefficient (Wildman–Crippen LogP) is 4.62. The molecule has 0 saturated heterocycles.